The molecule has 0 bridgehead atoms. The molecule has 11 N–H and O–H groups in total. The highest BCUT2D eigenvalue weighted by Gasteiger charge is 2.53. The summed E-state index contributed by atoms with van der Waals surface area (Å²) in [5.41, 5.74) is 12.2. The van der Waals surface area contributed by atoms with Crippen molar-refractivity contribution in [2.75, 3.05) is 29.5 Å². The van der Waals surface area contributed by atoms with Crippen molar-refractivity contribution in [1.29, 1.82) is 0 Å². The SMILES string of the molecule is NC(=O)CCC(C(=O)O)N(CCNC(=S)Nc1ccc2c(c1)C(=O)OC21c2ccc(O)cc2Oc2cc(O)ccc21)C(=O)c1ccc(NCc2cnc3nc(N)[nH]c(=O)c3n2)cc1. The lowest BCUT2D eigenvalue weighted by Gasteiger charge is -2.36. The number of nitrogen functional groups attached to an aromatic ring is 1. The number of primary amides is 1. The molecule has 21 heteroatoms. The number of aliphatic carboxylic acids is 1. The van der Waals surface area contributed by atoms with Gasteiger partial charge < -0.3 is 57.1 Å². The lowest BCUT2D eigenvalue weighted by molar-refractivity contribution is -0.142. The fourth-order valence-electron chi connectivity index (χ4n) is 7.48. The molecule has 1 atom stereocenters. The standard InChI is InChI=1S/C42H36N10O10S/c43-33(55)12-11-30(38(58)59)52(37(57)20-1-3-21(4-2-20)46-18-23-19-47-35-34(48-23)36(56)51-40(44)50-35)14-13-45-41(63)49-22-5-8-27-26(15-22)39(60)62-42(27)28-9-6-24(53)16-31(28)61-32-17-25(54)7-10-29(32)42/h1-10,15-17,19,30,46,53-54H,11-14,18H2,(H2,43,55)(H,58,59)(H2,45,49,63)(H3,44,47,50,51,56). The third kappa shape index (κ3) is 8.14. The van der Waals surface area contributed by atoms with Gasteiger partial charge in [0.2, 0.25) is 11.9 Å². The molecular weight excluding hydrogens is 837 g/mol. The van der Waals surface area contributed by atoms with E-state index in [1.807, 2.05) is 0 Å². The fourth-order valence-corrected chi connectivity index (χ4v) is 7.70. The second kappa shape index (κ2) is 16.6. The normalized spacial score (nSPS) is 13.4. The Morgan fingerprint density at radius 3 is 2.24 bits per heavy atom. The second-order valence-electron chi connectivity index (χ2n) is 14.4. The predicted molar refractivity (Wildman–Crippen MR) is 229 cm³/mol. The molecule has 1 unspecified atom stereocenters. The van der Waals surface area contributed by atoms with Gasteiger partial charge in [-0.05, 0) is 79.3 Å². The van der Waals surface area contributed by atoms with Gasteiger partial charge in [0.1, 0.15) is 29.0 Å². The number of carbonyl (C=O) groups excluding carboxylic acids is 3. The van der Waals surface area contributed by atoms with Crippen molar-refractivity contribution in [3.05, 3.63) is 129 Å². The first-order valence-corrected chi connectivity index (χ1v) is 19.6. The predicted octanol–water partition coefficient (Wildman–Crippen LogP) is 3.03. The molecule has 0 saturated heterocycles. The molecule has 2 aromatic heterocycles. The molecule has 2 aliphatic heterocycles. The van der Waals surface area contributed by atoms with E-state index in [4.69, 9.17) is 33.2 Å². The Hall–Kier alpha value is -8.33. The summed E-state index contributed by atoms with van der Waals surface area (Å²) in [6.45, 7) is -0.0343. The zero-order valence-corrected chi connectivity index (χ0v) is 33.6. The fraction of sp³-hybridized carbons (Fsp3) is 0.167. The number of ether oxygens (including phenoxy) is 2. The molecule has 2 amide bonds. The summed E-state index contributed by atoms with van der Waals surface area (Å²) >= 11 is 5.54. The molecule has 320 valence electrons. The van der Waals surface area contributed by atoms with E-state index < -0.39 is 41.0 Å². The van der Waals surface area contributed by atoms with E-state index in [0.29, 0.717) is 33.8 Å². The minimum absolute atomic E-state index is 0.0178. The lowest BCUT2D eigenvalue weighted by atomic mass is 9.77. The van der Waals surface area contributed by atoms with Gasteiger partial charge in [-0.3, -0.25) is 19.4 Å². The largest absolute Gasteiger partial charge is 0.508 e. The number of amides is 2. The summed E-state index contributed by atoms with van der Waals surface area (Å²) in [5.74, 6) is -3.14. The third-order valence-electron chi connectivity index (χ3n) is 10.3. The smallest absolute Gasteiger partial charge is 0.340 e. The zero-order chi connectivity index (χ0) is 44.6. The van der Waals surface area contributed by atoms with Crippen molar-refractivity contribution in [1.82, 2.24) is 30.2 Å². The van der Waals surface area contributed by atoms with Crippen LogP contribution in [0.5, 0.6) is 23.0 Å². The van der Waals surface area contributed by atoms with E-state index in [2.05, 4.69) is 35.9 Å². The molecule has 0 radical (unpaired) electrons. The van der Waals surface area contributed by atoms with Crippen LogP contribution in [0.15, 0.2) is 89.9 Å². The number of aromatic amines is 1. The molecule has 8 rings (SSSR count). The maximum absolute atomic E-state index is 13.9. The number of thiocarbonyl (C=S) groups is 1. The Bertz CT molecular complexity index is 2880. The minimum atomic E-state index is -1.46. The van der Waals surface area contributed by atoms with Crippen LogP contribution in [-0.4, -0.2) is 88.2 Å². The summed E-state index contributed by atoms with van der Waals surface area (Å²) in [5, 5.41) is 39.8. The summed E-state index contributed by atoms with van der Waals surface area (Å²) < 4.78 is 12.1. The van der Waals surface area contributed by atoms with E-state index in [-0.39, 0.29) is 88.8 Å². The molecular formula is C42H36N10O10S. The van der Waals surface area contributed by atoms with Gasteiger partial charge >= 0.3 is 11.9 Å². The highest BCUT2D eigenvalue weighted by molar-refractivity contribution is 7.80. The topological polar surface area (TPSA) is 310 Å². The summed E-state index contributed by atoms with van der Waals surface area (Å²) in [6.07, 6.45) is 0.905. The second-order valence-corrected chi connectivity index (χ2v) is 14.9. The molecule has 63 heavy (non-hydrogen) atoms. The molecule has 0 saturated carbocycles. The number of nitrogens with zero attached hydrogens (tertiary/aromatic N) is 4. The van der Waals surface area contributed by atoms with Crippen LogP contribution in [-0.2, 0) is 26.5 Å². The number of aromatic hydroxyl groups is 2. The number of fused-ring (bicyclic) bond motifs is 7. The van der Waals surface area contributed by atoms with Gasteiger partial charge in [-0.1, -0.05) is 6.07 Å². The van der Waals surface area contributed by atoms with Gasteiger partial charge in [-0.25, -0.2) is 19.6 Å². The van der Waals surface area contributed by atoms with Crippen molar-refractivity contribution in [3.63, 3.8) is 0 Å². The number of nitrogens with two attached hydrogens (primary N) is 2. The van der Waals surface area contributed by atoms with Crippen LogP contribution in [0.3, 0.4) is 0 Å². The first-order valence-electron chi connectivity index (χ1n) is 19.1. The van der Waals surface area contributed by atoms with E-state index in [0.717, 1.165) is 4.90 Å². The number of phenols is 2. The van der Waals surface area contributed by atoms with E-state index >= 15 is 0 Å². The van der Waals surface area contributed by atoms with Crippen LogP contribution in [0.4, 0.5) is 17.3 Å². The number of nitrogens with one attached hydrogen (secondary N) is 4. The summed E-state index contributed by atoms with van der Waals surface area (Å²) in [6, 6.07) is 18.6. The first-order chi connectivity index (χ1) is 30.2. The average molecular weight is 873 g/mol. The van der Waals surface area contributed by atoms with Gasteiger partial charge in [0.25, 0.3) is 11.5 Å². The van der Waals surface area contributed by atoms with Crippen molar-refractivity contribution in [2.45, 2.75) is 31.0 Å². The molecule has 20 nitrogen and oxygen atoms in total. The highest BCUT2D eigenvalue weighted by atomic mass is 32.1. The molecule has 2 aliphatic rings. The molecule has 0 fully saturated rings. The summed E-state index contributed by atoms with van der Waals surface area (Å²) in [4.78, 5) is 79.8. The minimum Gasteiger partial charge on any atom is -0.508 e. The Labute approximate surface area is 360 Å². The molecule has 4 aromatic carbocycles. The number of phenolic OH excluding ortho intramolecular Hbond substituents is 2. The number of carboxylic acids is 1. The number of carbonyl (C=O) groups is 4. The van der Waals surface area contributed by atoms with Gasteiger partial charge in [0.05, 0.1) is 24.0 Å². The van der Waals surface area contributed by atoms with Gasteiger partial charge in [-0.2, -0.15) is 4.98 Å². The Morgan fingerprint density at radius 1 is 0.905 bits per heavy atom. The maximum atomic E-state index is 13.9. The Kier molecular flexibility index (Phi) is 10.9. The third-order valence-corrected chi connectivity index (χ3v) is 10.6. The highest BCUT2D eigenvalue weighted by Crippen LogP contribution is 2.57. The van der Waals surface area contributed by atoms with Gasteiger partial charge in [0.15, 0.2) is 21.9 Å². The van der Waals surface area contributed by atoms with Gasteiger partial charge in [0, 0.05) is 65.3 Å². The Morgan fingerprint density at radius 2 is 1.57 bits per heavy atom. The number of H-pyrrole nitrogens is 1. The number of benzene rings is 4. The number of hydrogen-bond donors (Lipinski definition) is 9. The number of aromatic nitrogens is 4. The number of esters is 1. The zero-order valence-electron chi connectivity index (χ0n) is 32.7. The number of anilines is 3. The number of rotatable bonds is 13. The molecule has 6 aromatic rings. The van der Waals surface area contributed by atoms with Crippen LogP contribution < -0.4 is 37.7 Å². The number of hydrogen-bond acceptors (Lipinski definition) is 15. The lowest BCUT2D eigenvalue weighted by Crippen LogP contribution is -2.49. The maximum Gasteiger partial charge on any atom is 0.340 e. The average Bonchev–Trinajstić information content (AvgIpc) is 3.52. The molecule has 1 spiro atoms. The van der Waals surface area contributed by atoms with Crippen LogP contribution >= 0.6 is 12.2 Å². The van der Waals surface area contributed by atoms with Crippen LogP contribution in [0.1, 0.15) is 55.9 Å². The monoisotopic (exact) mass is 872 g/mol. The molecule has 4 heterocycles. The van der Waals surface area contributed by atoms with E-state index in [1.54, 1.807) is 42.5 Å². The van der Waals surface area contributed by atoms with Gasteiger partial charge in [-0.15, -0.1) is 0 Å². The van der Waals surface area contributed by atoms with Crippen molar-refractivity contribution in [2.24, 2.45) is 5.73 Å². The van der Waals surface area contributed by atoms with E-state index in [9.17, 15) is 39.3 Å². The van der Waals surface area contributed by atoms with Crippen molar-refractivity contribution in [3.8, 4) is 23.0 Å². The first kappa shape index (κ1) is 41.4. The number of carboxylic acid groups (broad SMARTS) is 1. The van der Waals surface area contributed by atoms with Crippen LogP contribution in [0.25, 0.3) is 11.2 Å². The van der Waals surface area contributed by atoms with Crippen LogP contribution in [0, 0.1) is 0 Å². The van der Waals surface area contributed by atoms with Crippen LogP contribution in [0.2, 0.25) is 0 Å². The molecule has 0 aliphatic carbocycles. The summed E-state index contributed by atoms with van der Waals surface area (Å²) in [7, 11) is 0. The van der Waals surface area contributed by atoms with E-state index in [1.165, 1.54) is 42.6 Å². The van der Waals surface area contributed by atoms with Crippen molar-refractivity contribution >= 4 is 69.6 Å². The van der Waals surface area contributed by atoms with Crippen molar-refractivity contribution < 1.29 is 44.0 Å². The quantitative estimate of drug-likeness (QED) is 0.0595. The Balaban J connectivity index is 0.955.